The molecule has 11 heteroatoms. The average Bonchev–Trinajstić information content (AvgIpc) is 3.32. The lowest BCUT2D eigenvalue weighted by Crippen LogP contribution is -2.31. The highest BCUT2D eigenvalue weighted by atomic mass is 79.9. The second-order valence-electron chi connectivity index (χ2n) is 6.52. The van der Waals surface area contributed by atoms with Crippen molar-refractivity contribution in [3.05, 3.63) is 58.6 Å². The quantitative estimate of drug-likeness (QED) is 0.489. The van der Waals surface area contributed by atoms with Gasteiger partial charge in [0.05, 0.1) is 9.37 Å². The van der Waals surface area contributed by atoms with Gasteiger partial charge in [0.1, 0.15) is 5.00 Å². The lowest BCUT2D eigenvalue weighted by molar-refractivity contribution is 0.385. The van der Waals surface area contributed by atoms with Crippen molar-refractivity contribution in [1.82, 2.24) is 4.72 Å². The topological polar surface area (TPSA) is 88.1 Å². The van der Waals surface area contributed by atoms with Gasteiger partial charge in [-0.15, -0.1) is 11.3 Å². The van der Waals surface area contributed by atoms with Crippen molar-refractivity contribution in [1.29, 1.82) is 0 Å². The van der Waals surface area contributed by atoms with Crippen LogP contribution in [0.1, 0.15) is 25.3 Å². The molecule has 0 radical (unpaired) electrons. The number of halogens is 1. The van der Waals surface area contributed by atoms with Crippen LogP contribution in [0.3, 0.4) is 0 Å². The minimum Gasteiger partial charge on any atom is -0.269 e. The molecule has 2 aromatic carbocycles. The van der Waals surface area contributed by atoms with E-state index >= 15 is 0 Å². The molecule has 1 aliphatic rings. The molecule has 0 amide bonds. The minimum atomic E-state index is -3.79. The summed E-state index contributed by atoms with van der Waals surface area (Å²) in [5.41, 5.74) is 0.586. The number of hydrogen-bond donors (Lipinski definition) is 1. The lowest BCUT2D eigenvalue weighted by Gasteiger charge is -2.23. The van der Waals surface area contributed by atoms with Crippen LogP contribution in [0.2, 0.25) is 0 Å². The fourth-order valence-corrected chi connectivity index (χ4v) is 7.40. The van der Waals surface area contributed by atoms with Crippen LogP contribution in [0, 0.1) is 0 Å². The molecule has 0 saturated carbocycles. The molecule has 0 spiro atoms. The zero-order valence-electron chi connectivity index (χ0n) is 15.9. The third-order valence-electron chi connectivity index (χ3n) is 4.55. The molecular formula is C19H18BrN3O4S3. The Morgan fingerprint density at radius 2 is 1.93 bits per heavy atom. The van der Waals surface area contributed by atoms with Crippen LogP contribution in [0.5, 0.6) is 0 Å². The Morgan fingerprint density at radius 3 is 2.57 bits per heavy atom. The second-order valence-corrected chi connectivity index (χ2v) is 11.0. The Balaban J connectivity index is 1.72. The normalized spacial score (nSPS) is 16.2. The van der Waals surface area contributed by atoms with Gasteiger partial charge in [0, 0.05) is 22.2 Å². The van der Waals surface area contributed by atoms with Crippen LogP contribution < -0.4 is 9.03 Å². The Kier molecular flexibility index (Phi) is 6.14. The first-order valence-electron chi connectivity index (χ1n) is 9.16. The van der Waals surface area contributed by atoms with Gasteiger partial charge in [-0.05, 0) is 57.8 Å². The van der Waals surface area contributed by atoms with Gasteiger partial charge >= 0.3 is 11.3 Å². The summed E-state index contributed by atoms with van der Waals surface area (Å²) >= 11 is 3.35. The summed E-state index contributed by atoms with van der Waals surface area (Å²) in [5, 5.41) is 5.33. The molecular weight excluding hydrogens is 510 g/mol. The highest BCUT2D eigenvalue weighted by molar-refractivity contribution is 9.10. The monoisotopic (exact) mass is 527 g/mol. The largest absolute Gasteiger partial charge is 0.338 e. The number of hydrogen-bond acceptors (Lipinski definition) is 6. The zero-order valence-corrected chi connectivity index (χ0v) is 19.9. The van der Waals surface area contributed by atoms with E-state index in [2.05, 4.69) is 30.1 Å². The van der Waals surface area contributed by atoms with Gasteiger partial charge in [0.15, 0.2) is 5.84 Å². The van der Waals surface area contributed by atoms with E-state index in [1.54, 1.807) is 12.1 Å². The molecule has 1 aromatic heterocycles. The van der Waals surface area contributed by atoms with Crippen molar-refractivity contribution in [2.45, 2.75) is 24.7 Å². The van der Waals surface area contributed by atoms with E-state index in [0.717, 1.165) is 27.4 Å². The maximum absolute atomic E-state index is 13.5. The first kappa shape index (κ1) is 21.3. The molecule has 3 aromatic rings. The molecule has 7 nitrogen and oxygen atoms in total. The third-order valence-corrected chi connectivity index (χ3v) is 9.31. The summed E-state index contributed by atoms with van der Waals surface area (Å²) in [6, 6.07) is 14.1. The minimum absolute atomic E-state index is 0.173. The number of amidine groups is 1. The molecule has 0 saturated heterocycles. The molecule has 0 fully saturated rings. The fourth-order valence-electron chi connectivity index (χ4n) is 3.01. The Hall–Kier alpha value is -1.95. The van der Waals surface area contributed by atoms with Crippen molar-refractivity contribution in [3.63, 3.8) is 0 Å². The van der Waals surface area contributed by atoms with Crippen LogP contribution >= 0.6 is 27.3 Å². The summed E-state index contributed by atoms with van der Waals surface area (Å²) in [6.45, 7) is 2.41. The molecule has 1 N–H and O–H groups in total. The van der Waals surface area contributed by atoms with E-state index in [9.17, 15) is 12.6 Å². The summed E-state index contributed by atoms with van der Waals surface area (Å²) in [7, 11) is -3.79. The molecule has 158 valence electrons. The fraction of sp³-hybridized carbons (Fsp3) is 0.211. The molecule has 4 rings (SSSR count). The van der Waals surface area contributed by atoms with Crippen LogP contribution in [0.15, 0.2) is 63.1 Å². The number of fused-ring (bicyclic) bond motifs is 1. The van der Waals surface area contributed by atoms with Gasteiger partial charge in [0.2, 0.25) is 0 Å². The first-order chi connectivity index (χ1) is 14.4. The predicted octanol–water partition coefficient (Wildman–Crippen LogP) is 4.52. The average molecular weight is 528 g/mol. The molecule has 2 heterocycles. The third kappa shape index (κ3) is 3.98. The highest BCUT2D eigenvalue weighted by Crippen LogP contribution is 2.43. The van der Waals surface area contributed by atoms with Gasteiger partial charge in [0.25, 0.3) is 10.0 Å². The van der Waals surface area contributed by atoms with Crippen molar-refractivity contribution in [2.75, 3.05) is 10.8 Å². The molecule has 0 aliphatic carbocycles. The standard InChI is InChI=1S/C19H18BrN3O4S3/c1-2-3-12-23(19-17(20)15-6-4-5-7-16(15)28-19)30(25,26)14-10-8-13(9-11-14)18-21-27-29(24)22-18/h4-11H,2-3,12H2,1H3,(H,21,22). The Morgan fingerprint density at radius 1 is 1.20 bits per heavy atom. The number of rotatable bonds is 7. The number of nitrogens with zero attached hydrogens (tertiary/aromatic N) is 2. The second kappa shape index (κ2) is 8.66. The van der Waals surface area contributed by atoms with E-state index in [1.165, 1.54) is 27.8 Å². The summed E-state index contributed by atoms with van der Waals surface area (Å²) in [5.74, 6) is 0.298. The van der Waals surface area contributed by atoms with Crippen LogP contribution in [0.4, 0.5) is 5.00 Å². The lowest BCUT2D eigenvalue weighted by atomic mass is 10.2. The number of anilines is 1. The maximum atomic E-state index is 13.5. The first-order valence-corrected chi connectivity index (χ1v) is 13.3. The molecule has 30 heavy (non-hydrogen) atoms. The molecule has 1 unspecified atom stereocenters. The van der Waals surface area contributed by atoms with E-state index < -0.39 is 21.3 Å². The number of unbranched alkanes of at least 4 members (excludes halogenated alkanes) is 1. The van der Waals surface area contributed by atoms with Crippen molar-refractivity contribution < 1.29 is 16.9 Å². The van der Waals surface area contributed by atoms with Crippen LogP contribution in [-0.4, -0.2) is 25.0 Å². The number of oxime groups is 1. The molecule has 1 aliphatic heterocycles. The molecule has 1 atom stereocenters. The van der Waals surface area contributed by atoms with Gasteiger partial charge in [-0.3, -0.25) is 13.3 Å². The van der Waals surface area contributed by atoms with Gasteiger partial charge in [-0.1, -0.05) is 31.5 Å². The van der Waals surface area contributed by atoms with Crippen LogP contribution in [0.25, 0.3) is 10.1 Å². The SMILES string of the molecule is CCCCN(c1sc2ccccc2c1Br)S(=O)(=O)c1ccc(C2=NOS(=O)N2)cc1. The van der Waals surface area contributed by atoms with Crippen molar-refractivity contribution in [2.24, 2.45) is 5.16 Å². The number of benzene rings is 2. The highest BCUT2D eigenvalue weighted by Gasteiger charge is 2.29. The van der Waals surface area contributed by atoms with Gasteiger partial charge in [-0.2, -0.15) is 4.21 Å². The van der Waals surface area contributed by atoms with Gasteiger partial charge < -0.3 is 0 Å². The van der Waals surface area contributed by atoms with E-state index in [1.807, 2.05) is 31.2 Å². The Labute approximate surface area is 189 Å². The van der Waals surface area contributed by atoms with Crippen LogP contribution in [-0.2, 0) is 25.6 Å². The summed E-state index contributed by atoms with van der Waals surface area (Å²) < 4.78 is 48.8. The van der Waals surface area contributed by atoms with E-state index in [-0.39, 0.29) is 4.90 Å². The van der Waals surface area contributed by atoms with Crippen molar-refractivity contribution in [3.8, 4) is 0 Å². The maximum Gasteiger partial charge on any atom is 0.338 e. The van der Waals surface area contributed by atoms with Crippen molar-refractivity contribution >= 4 is 69.5 Å². The number of nitrogens with one attached hydrogen (secondary N) is 1. The predicted molar refractivity (Wildman–Crippen MR) is 124 cm³/mol. The Bertz CT molecular complexity index is 1240. The number of thiophene rings is 1. The molecule has 0 bridgehead atoms. The zero-order chi connectivity index (χ0) is 21.3. The van der Waals surface area contributed by atoms with Gasteiger partial charge in [-0.25, -0.2) is 8.42 Å². The number of sulfonamides is 1. The summed E-state index contributed by atoms with van der Waals surface area (Å²) in [6.07, 6.45) is 1.61. The van der Waals surface area contributed by atoms with E-state index in [0.29, 0.717) is 22.9 Å². The van der Waals surface area contributed by atoms with E-state index in [4.69, 9.17) is 0 Å². The smallest absolute Gasteiger partial charge is 0.269 e. The summed E-state index contributed by atoms with van der Waals surface area (Å²) in [4.78, 5) is 0.173.